The minimum atomic E-state index is -3.51. The Balaban J connectivity index is 3.13. The van der Waals surface area contributed by atoms with Crippen LogP contribution in [-0.4, -0.2) is 32.9 Å². The summed E-state index contributed by atoms with van der Waals surface area (Å²) in [4.78, 5) is 0.244. The summed E-state index contributed by atoms with van der Waals surface area (Å²) in [7, 11) is -1.73. The van der Waals surface area contributed by atoms with Gasteiger partial charge in [0.2, 0.25) is 10.0 Å². The first kappa shape index (κ1) is 15.9. The van der Waals surface area contributed by atoms with Gasteiger partial charge < -0.3 is 9.73 Å². The molecule has 0 aliphatic rings. The first-order chi connectivity index (χ1) is 8.97. The lowest BCUT2D eigenvalue weighted by Gasteiger charge is -2.19. The Morgan fingerprint density at radius 3 is 2.74 bits per heavy atom. The van der Waals surface area contributed by atoms with Gasteiger partial charge in [-0.15, -0.1) is 6.58 Å². The van der Waals surface area contributed by atoms with Gasteiger partial charge in [-0.05, 0) is 20.4 Å². The third kappa shape index (κ3) is 3.68. The summed E-state index contributed by atoms with van der Waals surface area (Å²) in [5, 5.41) is 2.94. The molecule has 1 heterocycles. The summed E-state index contributed by atoms with van der Waals surface area (Å²) in [6.07, 6.45) is 2.35. The van der Waals surface area contributed by atoms with E-state index in [0.717, 1.165) is 6.42 Å². The Kier molecular flexibility index (Phi) is 5.78. The van der Waals surface area contributed by atoms with Crippen molar-refractivity contribution in [1.82, 2.24) is 9.62 Å². The summed E-state index contributed by atoms with van der Waals surface area (Å²) in [5.41, 5.74) is 0. The molecule has 1 rings (SSSR count). The maximum Gasteiger partial charge on any atom is 0.246 e. The highest BCUT2D eigenvalue weighted by Crippen LogP contribution is 2.23. The molecule has 0 unspecified atom stereocenters. The van der Waals surface area contributed by atoms with Gasteiger partial charge in [0.15, 0.2) is 0 Å². The molecule has 0 saturated carbocycles. The monoisotopic (exact) mass is 286 g/mol. The Hall–Kier alpha value is -1.11. The summed E-state index contributed by atoms with van der Waals surface area (Å²) in [6, 6.07) is 1.59. The van der Waals surface area contributed by atoms with Gasteiger partial charge in [-0.3, -0.25) is 0 Å². The predicted octanol–water partition coefficient (Wildman–Crippen LogP) is 1.89. The van der Waals surface area contributed by atoms with Gasteiger partial charge in [-0.25, -0.2) is 8.42 Å². The zero-order chi connectivity index (χ0) is 14.5. The van der Waals surface area contributed by atoms with Crippen LogP contribution in [0.15, 0.2) is 28.0 Å². The second-order valence-corrected chi connectivity index (χ2v) is 6.22. The lowest BCUT2D eigenvalue weighted by atomic mass is 10.4. The normalized spacial score (nSPS) is 12.0. The minimum absolute atomic E-state index is 0.244. The molecular formula is C13H22N2O3S. The van der Waals surface area contributed by atoms with E-state index in [1.54, 1.807) is 26.1 Å². The number of aryl methyl sites for hydroxylation is 1. The highest BCUT2D eigenvalue weighted by Gasteiger charge is 2.27. The van der Waals surface area contributed by atoms with E-state index in [1.165, 1.54) is 4.31 Å². The van der Waals surface area contributed by atoms with Gasteiger partial charge in [0.25, 0.3) is 0 Å². The first-order valence-electron chi connectivity index (χ1n) is 6.32. The van der Waals surface area contributed by atoms with Crippen molar-refractivity contribution in [2.75, 3.05) is 20.1 Å². The van der Waals surface area contributed by atoms with E-state index < -0.39 is 10.0 Å². The van der Waals surface area contributed by atoms with Gasteiger partial charge in [-0.1, -0.05) is 13.0 Å². The van der Waals surface area contributed by atoms with Crippen LogP contribution in [0, 0.1) is 6.92 Å². The summed E-state index contributed by atoms with van der Waals surface area (Å²) in [6.45, 7) is 8.51. The number of hydrogen-bond acceptors (Lipinski definition) is 4. The third-order valence-electron chi connectivity index (χ3n) is 2.70. The fourth-order valence-electron chi connectivity index (χ4n) is 1.88. The largest absolute Gasteiger partial charge is 0.464 e. The topological polar surface area (TPSA) is 62.6 Å². The SMILES string of the molecule is C=CCN(CCC)S(=O)(=O)c1cc(CNC)oc1C. The van der Waals surface area contributed by atoms with Crippen LogP contribution in [0.25, 0.3) is 0 Å². The van der Waals surface area contributed by atoms with Crippen molar-refractivity contribution in [3.05, 3.63) is 30.2 Å². The number of hydrogen-bond donors (Lipinski definition) is 1. The predicted molar refractivity (Wildman–Crippen MR) is 75.5 cm³/mol. The molecule has 1 aromatic rings. The maximum atomic E-state index is 12.5. The molecule has 19 heavy (non-hydrogen) atoms. The zero-order valence-corrected chi connectivity index (χ0v) is 12.6. The Bertz CT molecular complexity index is 520. The van der Waals surface area contributed by atoms with Crippen molar-refractivity contribution in [3.63, 3.8) is 0 Å². The minimum Gasteiger partial charge on any atom is -0.464 e. The van der Waals surface area contributed by atoms with E-state index in [1.807, 2.05) is 6.92 Å². The summed E-state index contributed by atoms with van der Waals surface area (Å²) >= 11 is 0. The molecule has 0 aliphatic heterocycles. The Morgan fingerprint density at radius 2 is 2.21 bits per heavy atom. The van der Waals surface area contributed by atoms with Crippen LogP contribution in [-0.2, 0) is 16.6 Å². The second kappa shape index (κ2) is 6.88. The van der Waals surface area contributed by atoms with Crippen LogP contribution >= 0.6 is 0 Å². The van der Waals surface area contributed by atoms with Gasteiger partial charge >= 0.3 is 0 Å². The van der Waals surface area contributed by atoms with Gasteiger partial charge in [0, 0.05) is 19.2 Å². The van der Waals surface area contributed by atoms with Crippen molar-refractivity contribution in [3.8, 4) is 0 Å². The molecule has 0 spiro atoms. The number of rotatable bonds is 8. The number of nitrogens with one attached hydrogen (secondary N) is 1. The molecule has 1 N–H and O–H groups in total. The molecule has 5 nitrogen and oxygen atoms in total. The molecule has 0 atom stereocenters. The van der Waals surface area contributed by atoms with Gasteiger partial charge in [0.1, 0.15) is 16.4 Å². The number of furan rings is 1. The lowest BCUT2D eigenvalue weighted by Crippen LogP contribution is -2.32. The molecule has 0 aliphatic carbocycles. The van der Waals surface area contributed by atoms with Gasteiger partial charge in [0.05, 0.1) is 6.54 Å². The highest BCUT2D eigenvalue weighted by atomic mass is 32.2. The molecule has 0 fully saturated rings. The smallest absolute Gasteiger partial charge is 0.246 e. The fourth-order valence-corrected chi connectivity index (χ4v) is 3.57. The maximum absolute atomic E-state index is 12.5. The first-order valence-corrected chi connectivity index (χ1v) is 7.76. The molecule has 0 radical (unpaired) electrons. The van der Waals surface area contributed by atoms with E-state index in [0.29, 0.717) is 31.2 Å². The Labute approximate surface area is 115 Å². The van der Waals surface area contributed by atoms with Crippen molar-refractivity contribution in [2.45, 2.75) is 31.7 Å². The van der Waals surface area contributed by atoms with Crippen LogP contribution in [0.2, 0.25) is 0 Å². The molecule has 1 aromatic heterocycles. The van der Waals surface area contributed by atoms with Crippen LogP contribution in [0.1, 0.15) is 24.9 Å². The number of nitrogens with zero attached hydrogens (tertiary/aromatic N) is 1. The van der Waals surface area contributed by atoms with Crippen LogP contribution < -0.4 is 5.32 Å². The van der Waals surface area contributed by atoms with Crippen molar-refractivity contribution < 1.29 is 12.8 Å². The number of sulfonamides is 1. The molecule has 6 heteroatoms. The molecule has 108 valence electrons. The van der Waals surface area contributed by atoms with Crippen LogP contribution in [0.4, 0.5) is 0 Å². The van der Waals surface area contributed by atoms with E-state index in [9.17, 15) is 8.42 Å². The van der Waals surface area contributed by atoms with Gasteiger partial charge in [-0.2, -0.15) is 4.31 Å². The quantitative estimate of drug-likeness (QED) is 0.741. The van der Waals surface area contributed by atoms with E-state index in [2.05, 4.69) is 11.9 Å². The fraction of sp³-hybridized carbons (Fsp3) is 0.538. The molecular weight excluding hydrogens is 264 g/mol. The standard InChI is InChI=1S/C13H22N2O3S/c1-5-7-15(8-6-2)19(16,17)13-9-12(10-14-4)18-11(13)3/h5,9,14H,1,6-8,10H2,2-4H3. The van der Waals surface area contributed by atoms with Crippen molar-refractivity contribution >= 4 is 10.0 Å². The Morgan fingerprint density at radius 1 is 1.53 bits per heavy atom. The van der Waals surface area contributed by atoms with Crippen molar-refractivity contribution in [1.29, 1.82) is 0 Å². The average Bonchev–Trinajstić information content (AvgIpc) is 2.71. The second-order valence-electron chi connectivity index (χ2n) is 4.32. The molecule has 0 amide bonds. The van der Waals surface area contributed by atoms with Crippen LogP contribution in [0.3, 0.4) is 0 Å². The van der Waals surface area contributed by atoms with Crippen LogP contribution in [0.5, 0.6) is 0 Å². The molecule has 0 saturated heterocycles. The zero-order valence-electron chi connectivity index (χ0n) is 11.8. The average molecular weight is 286 g/mol. The van der Waals surface area contributed by atoms with E-state index in [4.69, 9.17) is 4.42 Å². The van der Waals surface area contributed by atoms with E-state index >= 15 is 0 Å². The molecule has 0 bridgehead atoms. The highest BCUT2D eigenvalue weighted by molar-refractivity contribution is 7.89. The van der Waals surface area contributed by atoms with E-state index in [-0.39, 0.29) is 4.90 Å². The summed E-state index contributed by atoms with van der Waals surface area (Å²) in [5.74, 6) is 1.05. The molecule has 0 aromatic carbocycles. The third-order valence-corrected chi connectivity index (χ3v) is 4.67. The summed E-state index contributed by atoms with van der Waals surface area (Å²) < 4.78 is 32.0. The lowest BCUT2D eigenvalue weighted by molar-refractivity contribution is 0.435. The van der Waals surface area contributed by atoms with Crippen molar-refractivity contribution in [2.24, 2.45) is 0 Å².